The van der Waals surface area contributed by atoms with E-state index in [2.05, 4.69) is 41.6 Å². The predicted octanol–water partition coefficient (Wildman–Crippen LogP) is 2.38. The molecule has 1 aromatic heterocycles. The highest BCUT2D eigenvalue weighted by Gasteiger charge is 2.33. The van der Waals surface area contributed by atoms with Gasteiger partial charge in [0.2, 0.25) is 0 Å². The monoisotopic (exact) mass is 257 g/mol. The van der Waals surface area contributed by atoms with Crippen LogP contribution in [-0.2, 0) is 11.3 Å². The Bertz CT molecular complexity index is 532. The van der Waals surface area contributed by atoms with Gasteiger partial charge in [0, 0.05) is 30.0 Å². The standard InChI is InChI=1S/C15H19N3O/c1-15(11-19-12-15)10-16-14-6-3-2-5-13(14)9-18-8-4-7-17-18/h2-8,16H,9-12H2,1H3. The molecule has 1 aromatic carbocycles. The Labute approximate surface area is 113 Å². The lowest BCUT2D eigenvalue weighted by molar-refractivity contribution is -0.0924. The number of benzene rings is 1. The van der Waals surface area contributed by atoms with Crippen LogP contribution in [0.4, 0.5) is 5.69 Å². The van der Waals surface area contributed by atoms with E-state index in [1.807, 2.05) is 23.1 Å². The molecular weight excluding hydrogens is 238 g/mol. The number of ether oxygens (including phenoxy) is 1. The summed E-state index contributed by atoms with van der Waals surface area (Å²) in [5.41, 5.74) is 2.72. The lowest BCUT2D eigenvalue weighted by atomic mass is 9.88. The Morgan fingerprint density at radius 3 is 2.84 bits per heavy atom. The largest absolute Gasteiger partial charge is 0.384 e. The number of nitrogens with zero attached hydrogens (tertiary/aromatic N) is 2. The second-order valence-corrected chi connectivity index (χ2v) is 5.52. The summed E-state index contributed by atoms with van der Waals surface area (Å²) in [7, 11) is 0. The molecule has 4 heteroatoms. The predicted molar refractivity (Wildman–Crippen MR) is 75.2 cm³/mol. The lowest BCUT2D eigenvalue weighted by Crippen LogP contribution is -2.45. The number of anilines is 1. The highest BCUT2D eigenvalue weighted by atomic mass is 16.5. The summed E-state index contributed by atoms with van der Waals surface area (Å²) in [6, 6.07) is 10.3. The van der Waals surface area contributed by atoms with Crippen LogP contribution in [0.2, 0.25) is 0 Å². The van der Waals surface area contributed by atoms with Gasteiger partial charge >= 0.3 is 0 Å². The molecule has 100 valence electrons. The van der Waals surface area contributed by atoms with E-state index in [4.69, 9.17) is 4.74 Å². The topological polar surface area (TPSA) is 39.1 Å². The molecule has 1 fully saturated rings. The summed E-state index contributed by atoms with van der Waals surface area (Å²) in [4.78, 5) is 0. The SMILES string of the molecule is CC1(CNc2ccccc2Cn2cccn2)COC1. The van der Waals surface area contributed by atoms with E-state index in [9.17, 15) is 0 Å². The number of para-hydroxylation sites is 1. The molecule has 0 aliphatic carbocycles. The molecule has 3 rings (SSSR count). The second kappa shape index (κ2) is 5.05. The van der Waals surface area contributed by atoms with Gasteiger partial charge in [-0.2, -0.15) is 5.10 Å². The average molecular weight is 257 g/mol. The van der Waals surface area contributed by atoms with Gasteiger partial charge in [-0.15, -0.1) is 0 Å². The third-order valence-electron chi connectivity index (χ3n) is 3.52. The Morgan fingerprint density at radius 1 is 1.32 bits per heavy atom. The molecule has 19 heavy (non-hydrogen) atoms. The summed E-state index contributed by atoms with van der Waals surface area (Å²) in [5.74, 6) is 0. The van der Waals surface area contributed by atoms with Crippen LogP contribution in [0, 0.1) is 5.41 Å². The highest BCUT2D eigenvalue weighted by molar-refractivity contribution is 5.51. The van der Waals surface area contributed by atoms with Gasteiger partial charge in [0.25, 0.3) is 0 Å². The van der Waals surface area contributed by atoms with Crippen LogP contribution in [0.15, 0.2) is 42.7 Å². The number of aromatic nitrogens is 2. The zero-order chi connectivity index (χ0) is 13.1. The molecule has 2 heterocycles. The Hall–Kier alpha value is -1.81. The molecule has 0 radical (unpaired) electrons. The van der Waals surface area contributed by atoms with Gasteiger partial charge in [0.1, 0.15) is 0 Å². The minimum atomic E-state index is 0.277. The zero-order valence-electron chi connectivity index (χ0n) is 11.2. The number of hydrogen-bond acceptors (Lipinski definition) is 3. The summed E-state index contributed by atoms with van der Waals surface area (Å²) in [6.45, 7) is 5.69. The maximum Gasteiger partial charge on any atom is 0.0679 e. The van der Waals surface area contributed by atoms with Crippen LogP contribution in [0.3, 0.4) is 0 Å². The molecule has 0 amide bonds. The van der Waals surface area contributed by atoms with Crippen molar-refractivity contribution in [2.24, 2.45) is 5.41 Å². The first kappa shape index (κ1) is 12.2. The van der Waals surface area contributed by atoms with Gasteiger partial charge in [-0.25, -0.2) is 0 Å². The molecule has 1 aliphatic heterocycles. The van der Waals surface area contributed by atoms with Crippen LogP contribution >= 0.6 is 0 Å². The van der Waals surface area contributed by atoms with Crippen molar-refractivity contribution >= 4 is 5.69 Å². The van der Waals surface area contributed by atoms with Gasteiger partial charge in [0.15, 0.2) is 0 Å². The van der Waals surface area contributed by atoms with Crippen LogP contribution in [0.1, 0.15) is 12.5 Å². The smallest absolute Gasteiger partial charge is 0.0679 e. The van der Waals surface area contributed by atoms with Gasteiger partial charge in [0.05, 0.1) is 19.8 Å². The van der Waals surface area contributed by atoms with Crippen LogP contribution in [-0.4, -0.2) is 29.5 Å². The van der Waals surface area contributed by atoms with Gasteiger partial charge in [-0.3, -0.25) is 4.68 Å². The minimum Gasteiger partial charge on any atom is -0.384 e. The molecule has 2 aromatic rings. The minimum absolute atomic E-state index is 0.277. The maximum absolute atomic E-state index is 5.29. The van der Waals surface area contributed by atoms with E-state index in [1.165, 1.54) is 11.3 Å². The molecule has 0 bridgehead atoms. The molecule has 1 saturated heterocycles. The van der Waals surface area contributed by atoms with Crippen molar-refractivity contribution in [3.63, 3.8) is 0 Å². The third-order valence-corrected chi connectivity index (χ3v) is 3.52. The van der Waals surface area contributed by atoms with Crippen molar-refractivity contribution in [2.75, 3.05) is 25.1 Å². The molecular formula is C15H19N3O. The fraction of sp³-hybridized carbons (Fsp3) is 0.400. The summed E-state index contributed by atoms with van der Waals surface area (Å²) in [5, 5.41) is 7.80. The summed E-state index contributed by atoms with van der Waals surface area (Å²) < 4.78 is 7.23. The number of rotatable bonds is 5. The van der Waals surface area contributed by atoms with E-state index in [0.717, 1.165) is 26.3 Å². The van der Waals surface area contributed by atoms with Crippen molar-refractivity contribution < 1.29 is 4.74 Å². The van der Waals surface area contributed by atoms with E-state index in [1.54, 1.807) is 0 Å². The molecule has 1 N–H and O–H groups in total. The van der Waals surface area contributed by atoms with Crippen molar-refractivity contribution in [1.82, 2.24) is 9.78 Å². The lowest BCUT2D eigenvalue weighted by Gasteiger charge is -2.38. The van der Waals surface area contributed by atoms with Crippen molar-refractivity contribution in [2.45, 2.75) is 13.5 Å². The zero-order valence-corrected chi connectivity index (χ0v) is 11.2. The summed E-state index contributed by atoms with van der Waals surface area (Å²) >= 11 is 0. The molecule has 4 nitrogen and oxygen atoms in total. The third kappa shape index (κ3) is 2.79. The fourth-order valence-electron chi connectivity index (χ4n) is 2.26. The van der Waals surface area contributed by atoms with E-state index in [-0.39, 0.29) is 5.41 Å². The highest BCUT2D eigenvalue weighted by Crippen LogP contribution is 2.27. The average Bonchev–Trinajstić information content (AvgIpc) is 2.88. The Balaban J connectivity index is 1.70. The van der Waals surface area contributed by atoms with Gasteiger partial charge < -0.3 is 10.1 Å². The molecule has 0 atom stereocenters. The van der Waals surface area contributed by atoms with E-state index >= 15 is 0 Å². The Kier molecular flexibility index (Phi) is 3.25. The van der Waals surface area contributed by atoms with Crippen molar-refractivity contribution in [3.8, 4) is 0 Å². The second-order valence-electron chi connectivity index (χ2n) is 5.52. The first-order valence-corrected chi connectivity index (χ1v) is 6.62. The number of nitrogens with one attached hydrogen (secondary N) is 1. The van der Waals surface area contributed by atoms with Gasteiger partial charge in [-0.05, 0) is 17.7 Å². The van der Waals surface area contributed by atoms with Crippen LogP contribution < -0.4 is 5.32 Å². The Morgan fingerprint density at radius 2 is 2.16 bits per heavy atom. The molecule has 0 saturated carbocycles. The number of hydrogen-bond donors (Lipinski definition) is 1. The maximum atomic E-state index is 5.29. The quantitative estimate of drug-likeness (QED) is 0.894. The van der Waals surface area contributed by atoms with Crippen molar-refractivity contribution in [3.05, 3.63) is 48.3 Å². The summed E-state index contributed by atoms with van der Waals surface area (Å²) in [6.07, 6.45) is 3.79. The van der Waals surface area contributed by atoms with Crippen LogP contribution in [0.25, 0.3) is 0 Å². The first-order chi connectivity index (χ1) is 9.25. The van der Waals surface area contributed by atoms with Gasteiger partial charge in [-0.1, -0.05) is 25.1 Å². The van der Waals surface area contributed by atoms with Crippen molar-refractivity contribution in [1.29, 1.82) is 0 Å². The normalized spacial score (nSPS) is 16.9. The van der Waals surface area contributed by atoms with E-state index in [0.29, 0.717) is 0 Å². The molecule has 1 aliphatic rings. The van der Waals surface area contributed by atoms with E-state index < -0.39 is 0 Å². The molecule has 0 spiro atoms. The van der Waals surface area contributed by atoms with Crippen LogP contribution in [0.5, 0.6) is 0 Å². The first-order valence-electron chi connectivity index (χ1n) is 6.62. The molecule has 0 unspecified atom stereocenters. The fourth-order valence-corrected chi connectivity index (χ4v) is 2.26.